The predicted molar refractivity (Wildman–Crippen MR) is 87.5 cm³/mol. The molecule has 118 valence electrons. The molecule has 7 heteroatoms. The number of nitrogens with one attached hydrogen (secondary N) is 1. The molecule has 0 aliphatic heterocycles. The number of carbonyl (C=O) groups is 1. The predicted octanol–water partition coefficient (Wildman–Crippen LogP) is 2.49. The van der Waals surface area contributed by atoms with Gasteiger partial charge in [-0.3, -0.25) is 4.79 Å². The third-order valence-corrected chi connectivity index (χ3v) is 6.06. The molecule has 22 heavy (non-hydrogen) atoms. The van der Waals surface area contributed by atoms with Gasteiger partial charge in [-0.15, -0.1) is 11.3 Å². The van der Waals surface area contributed by atoms with Crippen molar-refractivity contribution in [2.24, 2.45) is 0 Å². The Morgan fingerprint density at radius 1 is 1.23 bits per heavy atom. The molecule has 0 aliphatic carbocycles. The summed E-state index contributed by atoms with van der Waals surface area (Å²) in [4.78, 5) is 13.4. The molecule has 0 aliphatic rings. The zero-order chi connectivity index (χ0) is 16.3. The quantitative estimate of drug-likeness (QED) is 0.911. The first-order valence-corrected chi connectivity index (χ1v) is 9.01. The summed E-state index contributed by atoms with van der Waals surface area (Å²) in [6, 6.07) is 9.80. The van der Waals surface area contributed by atoms with Crippen LogP contribution in [0.2, 0.25) is 0 Å². The van der Waals surface area contributed by atoms with Gasteiger partial charge in [0.1, 0.15) is 0 Å². The molecule has 1 unspecified atom stereocenters. The minimum absolute atomic E-state index is 0.105. The van der Waals surface area contributed by atoms with E-state index >= 15 is 0 Å². The Hall–Kier alpha value is -1.70. The van der Waals surface area contributed by atoms with E-state index in [1.54, 1.807) is 23.5 Å². The van der Waals surface area contributed by atoms with E-state index in [-0.39, 0.29) is 16.8 Å². The van der Waals surface area contributed by atoms with Crippen molar-refractivity contribution in [2.45, 2.75) is 17.9 Å². The van der Waals surface area contributed by atoms with Gasteiger partial charge in [0.25, 0.3) is 5.91 Å². The Morgan fingerprint density at radius 2 is 1.95 bits per heavy atom. The fourth-order valence-electron chi connectivity index (χ4n) is 1.90. The van der Waals surface area contributed by atoms with E-state index in [0.29, 0.717) is 5.56 Å². The lowest BCUT2D eigenvalue weighted by Gasteiger charge is -2.14. The van der Waals surface area contributed by atoms with E-state index < -0.39 is 10.0 Å². The van der Waals surface area contributed by atoms with E-state index in [0.717, 1.165) is 9.18 Å². The molecule has 1 aromatic carbocycles. The number of nitrogens with zero attached hydrogens (tertiary/aromatic N) is 1. The molecule has 5 nitrogen and oxygen atoms in total. The number of hydrogen-bond donors (Lipinski definition) is 1. The molecule has 0 radical (unpaired) electrons. The molecule has 1 amide bonds. The van der Waals surface area contributed by atoms with Gasteiger partial charge in [0.2, 0.25) is 10.0 Å². The van der Waals surface area contributed by atoms with Gasteiger partial charge in [-0.1, -0.05) is 12.1 Å². The second kappa shape index (κ2) is 6.60. The maximum absolute atomic E-state index is 12.3. The van der Waals surface area contributed by atoms with Crippen molar-refractivity contribution in [1.82, 2.24) is 9.62 Å². The Bertz CT molecular complexity index is 753. The summed E-state index contributed by atoms with van der Waals surface area (Å²) < 4.78 is 25.3. The first-order valence-electron chi connectivity index (χ1n) is 6.69. The summed E-state index contributed by atoms with van der Waals surface area (Å²) in [5, 5.41) is 4.82. The van der Waals surface area contributed by atoms with E-state index in [4.69, 9.17) is 0 Å². The van der Waals surface area contributed by atoms with Crippen molar-refractivity contribution in [2.75, 3.05) is 14.1 Å². The maximum atomic E-state index is 12.3. The topological polar surface area (TPSA) is 66.5 Å². The third-order valence-electron chi connectivity index (χ3n) is 3.19. The smallest absolute Gasteiger partial charge is 0.251 e. The molecule has 2 aromatic rings. The van der Waals surface area contributed by atoms with E-state index in [9.17, 15) is 13.2 Å². The van der Waals surface area contributed by atoms with Crippen LogP contribution in [0, 0.1) is 0 Å². The highest BCUT2D eigenvalue weighted by atomic mass is 32.2. The summed E-state index contributed by atoms with van der Waals surface area (Å²) >= 11 is 1.56. The molecule has 0 spiro atoms. The van der Waals surface area contributed by atoms with Crippen molar-refractivity contribution in [1.29, 1.82) is 0 Å². The van der Waals surface area contributed by atoms with E-state index in [1.807, 2.05) is 24.4 Å². The first-order chi connectivity index (χ1) is 10.3. The Kier molecular flexibility index (Phi) is 5.00. The minimum Gasteiger partial charge on any atom is -0.345 e. The van der Waals surface area contributed by atoms with Gasteiger partial charge in [0.15, 0.2) is 0 Å². The van der Waals surface area contributed by atoms with Crippen LogP contribution in [-0.2, 0) is 10.0 Å². The van der Waals surface area contributed by atoms with Crippen molar-refractivity contribution in [3.8, 4) is 0 Å². The van der Waals surface area contributed by atoms with Gasteiger partial charge in [0.05, 0.1) is 10.9 Å². The molecule has 0 saturated heterocycles. The highest BCUT2D eigenvalue weighted by Crippen LogP contribution is 2.19. The van der Waals surface area contributed by atoms with Crippen LogP contribution >= 0.6 is 11.3 Å². The van der Waals surface area contributed by atoms with Gasteiger partial charge in [-0.2, -0.15) is 0 Å². The van der Waals surface area contributed by atoms with E-state index in [2.05, 4.69) is 5.32 Å². The fraction of sp³-hybridized carbons (Fsp3) is 0.267. The zero-order valence-electron chi connectivity index (χ0n) is 12.6. The molecule has 0 bridgehead atoms. The van der Waals surface area contributed by atoms with Crippen molar-refractivity contribution in [3.63, 3.8) is 0 Å². The minimum atomic E-state index is -3.55. The number of sulfonamides is 1. The van der Waals surface area contributed by atoms with Crippen LogP contribution in [0.15, 0.2) is 46.7 Å². The second-order valence-corrected chi connectivity index (χ2v) is 8.16. The van der Waals surface area contributed by atoms with Crippen molar-refractivity contribution in [3.05, 3.63) is 52.2 Å². The molecular weight excluding hydrogens is 320 g/mol. The van der Waals surface area contributed by atoms with Crippen LogP contribution in [0.1, 0.15) is 28.2 Å². The van der Waals surface area contributed by atoms with Crippen LogP contribution in [0.25, 0.3) is 0 Å². The van der Waals surface area contributed by atoms with Gasteiger partial charge in [0, 0.05) is 24.5 Å². The largest absolute Gasteiger partial charge is 0.345 e. The van der Waals surface area contributed by atoms with Gasteiger partial charge < -0.3 is 5.32 Å². The van der Waals surface area contributed by atoms with Crippen LogP contribution in [0.3, 0.4) is 0 Å². The number of hydrogen-bond acceptors (Lipinski definition) is 4. The summed E-state index contributed by atoms with van der Waals surface area (Å²) in [5.41, 5.74) is 0.325. The highest BCUT2D eigenvalue weighted by molar-refractivity contribution is 7.89. The van der Waals surface area contributed by atoms with Crippen molar-refractivity contribution >= 4 is 27.3 Å². The number of rotatable bonds is 5. The number of amides is 1. The van der Waals surface area contributed by atoms with Crippen LogP contribution < -0.4 is 5.32 Å². The molecule has 0 saturated carbocycles. The number of carbonyl (C=O) groups excluding carboxylic acids is 1. The SMILES string of the molecule is CC(NC(=O)c1cccc(S(=O)(=O)N(C)C)c1)c1cccs1. The lowest BCUT2D eigenvalue weighted by Crippen LogP contribution is -2.27. The Labute approximate surface area is 134 Å². The molecule has 0 fully saturated rings. The summed E-state index contributed by atoms with van der Waals surface area (Å²) in [7, 11) is -0.631. The Balaban J connectivity index is 2.21. The molecular formula is C15H18N2O3S2. The highest BCUT2D eigenvalue weighted by Gasteiger charge is 2.19. The maximum Gasteiger partial charge on any atom is 0.251 e. The Morgan fingerprint density at radius 3 is 2.55 bits per heavy atom. The lowest BCUT2D eigenvalue weighted by atomic mass is 10.2. The van der Waals surface area contributed by atoms with Crippen molar-refractivity contribution < 1.29 is 13.2 Å². The summed E-state index contributed by atoms with van der Waals surface area (Å²) in [6.45, 7) is 1.89. The molecule has 1 atom stereocenters. The average molecular weight is 338 g/mol. The summed E-state index contributed by atoms with van der Waals surface area (Å²) in [5.74, 6) is -0.295. The fourth-order valence-corrected chi connectivity index (χ4v) is 3.58. The average Bonchev–Trinajstić information content (AvgIpc) is 3.01. The van der Waals surface area contributed by atoms with Crippen LogP contribution in [-0.4, -0.2) is 32.7 Å². The number of thiophene rings is 1. The second-order valence-electron chi connectivity index (χ2n) is 5.03. The third kappa shape index (κ3) is 3.55. The monoisotopic (exact) mass is 338 g/mol. The lowest BCUT2D eigenvalue weighted by molar-refractivity contribution is 0.0940. The summed E-state index contributed by atoms with van der Waals surface area (Å²) in [6.07, 6.45) is 0. The molecule has 1 heterocycles. The number of benzene rings is 1. The standard InChI is InChI=1S/C15H18N2O3S2/c1-11(14-8-5-9-21-14)16-15(18)12-6-4-7-13(10-12)22(19,20)17(2)3/h4-11H,1-3H3,(H,16,18). The molecule has 1 aromatic heterocycles. The zero-order valence-corrected chi connectivity index (χ0v) is 14.2. The normalized spacial score (nSPS) is 13.1. The first kappa shape index (κ1) is 16.7. The molecule has 1 N–H and O–H groups in total. The van der Waals surface area contributed by atoms with Crippen LogP contribution in [0.4, 0.5) is 0 Å². The molecule has 2 rings (SSSR count). The van der Waals surface area contributed by atoms with Gasteiger partial charge >= 0.3 is 0 Å². The van der Waals surface area contributed by atoms with Gasteiger partial charge in [-0.25, -0.2) is 12.7 Å². The van der Waals surface area contributed by atoms with E-state index in [1.165, 1.54) is 26.2 Å². The van der Waals surface area contributed by atoms with Crippen LogP contribution in [0.5, 0.6) is 0 Å². The van der Waals surface area contributed by atoms with Gasteiger partial charge in [-0.05, 0) is 36.6 Å².